The summed E-state index contributed by atoms with van der Waals surface area (Å²) in [5.74, 6) is -0.348. The number of halogens is 1. The number of allylic oxidation sites excluding steroid dienone is 1. The SMILES string of the molecule is C=CCn1c(S[C@H](C)C(=O)N[C@](C)(C#N)C(C)C)nc2ccc(Cl)cc2c1=O. The molecular weight excluding hydrogens is 396 g/mol. The lowest BCUT2D eigenvalue weighted by Gasteiger charge is -2.28. The second kappa shape index (κ2) is 8.80. The Bertz CT molecular complexity index is 1010. The van der Waals surface area contributed by atoms with Gasteiger partial charge in [-0.25, -0.2) is 4.98 Å². The standard InChI is InChI=1S/C20H23ClN4O2S/c1-6-9-25-18(27)15-10-14(21)7-8-16(15)23-19(25)28-13(4)17(26)24-20(5,11-22)12(2)3/h6-8,10,12-13H,1,9H2,2-5H3,(H,24,26)/t13-,20-/m1/s1. The number of carbonyl (C=O) groups excluding carboxylic acids is 1. The average molecular weight is 419 g/mol. The van der Waals surface area contributed by atoms with E-state index in [9.17, 15) is 14.9 Å². The number of fused-ring (bicyclic) bond motifs is 1. The quantitative estimate of drug-likeness (QED) is 0.420. The van der Waals surface area contributed by atoms with E-state index in [0.29, 0.717) is 21.1 Å². The fourth-order valence-corrected chi connectivity index (χ4v) is 3.51. The number of amides is 1. The molecule has 8 heteroatoms. The molecule has 0 spiro atoms. The highest BCUT2D eigenvalue weighted by molar-refractivity contribution is 8.00. The Labute approximate surface area is 173 Å². The minimum absolute atomic E-state index is 0.0545. The van der Waals surface area contributed by atoms with Crippen molar-refractivity contribution in [3.63, 3.8) is 0 Å². The van der Waals surface area contributed by atoms with Crippen LogP contribution in [0.25, 0.3) is 10.9 Å². The Balaban J connectivity index is 2.39. The summed E-state index contributed by atoms with van der Waals surface area (Å²) in [6.45, 7) is 11.1. The fraction of sp³-hybridized carbons (Fsp3) is 0.400. The molecule has 2 aromatic rings. The lowest BCUT2D eigenvalue weighted by molar-refractivity contribution is -0.121. The Kier molecular flexibility index (Phi) is 6.91. The molecule has 0 aliphatic carbocycles. The second-order valence-electron chi connectivity index (χ2n) is 6.98. The molecule has 0 aliphatic heterocycles. The van der Waals surface area contributed by atoms with E-state index in [0.717, 1.165) is 11.8 Å². The van der Waals surface area contributed by atoms with E-state index >= 15 is 0 Å². The van der Waals surface area contributed by atoms with Crippen molar-refractivity contribution >= 4 is 40.2 Å². The molecule has 6 nitrogen and oxygen atoms in total. The third-order valence-corrected chi connectivity index (χ3v) is 5.94. The molecule has 0 bridgehead atoms. The van der Waals surface area contributed by atoms with E-state index in [1.807, 2.05) is 13.8 Å². The van der Waals surface area contributed by atoms with Gasteiger partial charge in [0.2, 0.25) is 5.91 Å². The van der Waals surface area contributed by atoms with Crippen LogP contribution in [0.1, 0.15) is 27.7 Å². The first-order chi connectivity index (χ1) is 13.1. The number of nitriles is 1. The number of benzene rings is 1. The molecule has 1 amide bonds. The normalized spacial score (nSPS) is 14.3. The molecular formula is C20H23ClN4O2S. The van der Waals surface area contributed by atoms with Crippen LogP contribution in [-0.4, -0.2) is 26.2 Å². The summed E-state index contributed by atoms with van der Waals surface area (Å²) in [4.78, 5) is 30.1. The van der Waals surface area contributed by atoms with Crippen molar-refractivity contribution in [2.75, 3.05) is 0 Å². The first kappa shape index (κ1) is 22.0. The first-order valence-corrected chi connectivity index (χ1v) is 10.1. The minimum Gasteiger partial charge on any atom is -0.337 e. The smallest absolute Gasteiger partial charge is 0.262 e. The van der Waals surface area contributed by atoms with Gasteiger partial charge >= 0.3 is 0 Å². The summed E-state index contributed by atoms with van der Waals surface area (Å²) in [5, 5.41) is 12.9. The van der Waals surface area contributed by atoms with Crippen LogP contribution < -0.4 is 10.9 Å². The van der Waals surface area contributed by atoms with Crippen LogP contribution in [0, 0.1) is 17.2 Å². The predicted octanol–water partition coefficient (Wildman–Crippen LogP) is 3.77. The van der Waals surface area contributed by atoms with Gasteiger partial charge in [0.25, 0.3) is 5.56 Å². The van der Waals surface area contributed by atoms with Gasteiger partial charge in [-0.3, -0.25) is 14.2 Å². The number of hydrogen-bond acceptors (Lipinski definition) is 5. The zero-order valence-corrected chi connectivity index (χ0v) is 17.9. The molecule has 0 aliphatic rings. The Morgan fingerprint density at radius 3 is 2.75 bits per heavy atom. The van der Waals surface area contributed by atoms with Crippen molar-refractivity contribution in [2.24, 2.45) is 5.92 Å². The third kappa shape index (κ3) is 4.57. The van der Waals surface area contributed by atoms with E-state index in [1.165, 1.54) is 4.57 Å². The Hall–Kier alpha value is -2.30. The fourth-order valence-electron chi connectivity index (χ4n) is 2.42. The van der Waals surface area contributed by atoms with Crippen molar-refractivity contribution < 1.29 is 4.79 Å². The van der Waals surface area contributed by atoms with Gasteiger partial charge in [0.15, 0.2) is 5.16 Å². The van der Waals surface area contributed by atoms with Crippen molar-refractivity contribution in [2.45, 2.75) is 50.2 Å². The molecule has 1 N–H and O–H groups in total. The van der Waals surface area contributed by atoms with Crippen molar-refractivity contribution in [1.29, 1.82) is 5.26 Å². The van der Waals surface area contributed by atoms with E-state index in [-0.39, 0.29) is 23.9 Å². The Morgan fingerprint density at radius 2 is 2.18 bits per heavy atom. The molecule has 148 valence electrons. The van der Waals surface area contributed by atoms with Gasteiger partial charge in [0.1, 0.15) is 5.54 Å². The van der Waals surface area contributed by atoms with Crippen molar-refractivity contribution in [1.82, 2.24) is 14.9 Å². The number of nitrogens with zero attached hydrogens (tertiary/aromatic N) is 3. The predicted molar refractivity (Wildman–Crippen MR) is 114 cm³/mol. The number of nitrogens with one attached hydrogen (secondary N) is 1. The van der Waals surface area contributed by atoms with Gasteiger partial charge in [-0.2, -0.15) is 5.26 Å². The highest BCUT2D eigenvalue weighted by Gasteiger charge is 2.32. The third-order valence-electron chi connectivity index (χ3n) is 4.61. The maximum atomic E-state index is 12.9. The molecule has 1 heterocycles. The first-order valence-electron chi connectivity index (χ1n) is 8.84. The van der Waals surface area contributed by atoms with Crippen molar-refractivity contribution in [3.8, 4) is 6.07 Å². The maximum absolute atomic E-state index is 12.9. The number of carbonyl (C=O) groups is 1. The Morgan fingerprint density at radius 1 is 1.50 bits per heavy atom. The van der Waals surface area contributed by atoms with Gasteiger partial charge in [-0.05, 0) is 38.0 Å². The summed E-state index contributed by atoms with van der Waals surface area (Å²) in [7, 11) is 0. The number of rotatable bonds is 7. The van der Waals surface area contributed by atoms with Crippen LogP contribution in [0.15, 0.2) is 40.8 Å². The number of aromatic nitrogens is 2. The van der Waals surface area contributed by atoms with Gasteiger partial charge in [-0.1, -0.05) is 43.3 Å². The van der Waals surface area contributed by atoms with Crippen LogP contribution in [0.2, 0.25) is 5.02 Å². The summed E-state index contributed by atoms with van der Waals surface area (Å²) < 4.78 is 1.46. The zero-order chi connectivity index (χ0) is 21.1. The highest BCUT2D eigenvalue weighted by Crippen LogP contribution is 2.25. The molecule has 28 heavy (non-hydrogen) atoms. The molecule has 2 atom stereocenters. The van der Waals surface area contributed by atoms with Gasteiger partial charge in [0.05, 0.1) is 22.2 Å². The van der Waals surface area contributed by atoms with E-state index in [4.69, 9.17) is 11.6 Å². The molecule has 1 aromatic heterocycles. The summed E-state index contributed by atoms with van der Waals surface area (Å²) >= 11 is 7.17. The maximum Gasteiger partial charge on any atom is 0.262 e. The summed E-state index contributed by atoms with van der Waals surface area (Å²) in [6, 6.07) is 7.09. The van der Waals surface area contributed by atoms with Crippen LogP contribution in [0.3, 0.4) is 0 Å². The van der Waals surface area contributed by atoms with Crippen molar-refractivity contribution in [3.05, 3.63) is 46.2 Å². The van der Waals surface area contributed by atoms with Crippen LogP contribution in [-0.2, 0) is 11.3 Å². The number of thioether (sulfide) groups is 1. The second-order valence-corrected chi connectivity index (χ2v) is 8.72. The lowest BCUT2D eigenvalue weighted by atomic mass is 9.90. The zero-order valence-electron chi connectivity index (χ0n) is 16.3. The van der Waals surface area contributed by atoms with Crippen LogP contribution in [0.4, 0.5) is 0 Å². The highest BCUT2D eigenvalue weighted by atomic mass is 35.5. The largest absolute Gasteiger partial charge is 0.337 e. The van der Waals surface area contributed by atoms with Crippen LogP contribution in [0.5, 0.6) is 0 Å². The van der Waals surface area contributed by atoms with Crippen LogP contribution >= 0.6 is 23.4 Å². The molecule has 0 saturated heterocycles. The average Bonchev–Trinajstić information content (AvgIpc) is 2.65. The van der Waals surface area contributed by atoms with Gasteiger partial charge < -0.3 is 5.32 Å². The van der Waals surface area contributed by atoms with E-state index in [1.54, 1.807) is 38.1 Å². The molecule has 0 saturated carbocycles. The lowest BCUT2D eigenvalue weighted by Crippen LogP contribution is -2.51. The molecule has 0 unspecified atom stereocenters. The van der Waals surface area contributed by atoms with Gasteiger partial charge in [-0.15, -0.1) is 6.58 Å². The molecule has 0 radical (unpaired) electrons. The summed E-state index contributed by atoms with van der Waals surface area (Å²) in [5.41, 5.74) is -0.708. The van der Waals surface area contributed by atoms with E-state index < -0.39 is 10.8 Å². The number of hydrogen-bond donors (Lipinski definition) is 1. The van der Waals surface area contributed by atoms with Gasteiger partial charge in [0, 0.05) is 11.6 Å². The summed E-state index contributed by atoms with van der Waals surface area (Å²) in [6.07, 6.45) is 1.60. The molecule has 2 rings (SSSR count). The van der Waals surface area contributed by atoms with E-state index in [2.05, 4.69) is 22.9 Å². The molecule has 1 aromatic carbocycles. The molecule has 0 fully saturated rings. The monoisotopic (exact) mass is 418 g/mol. The minimum atomic E-state index is -0.972. The topological polar surface area (TPSA) is 87.8 Å².